The molecule has 22 heavy (non-hydrogen) atoms. The summed E-state index contributed by atoms with van der Waals surface area (Å²) in [6.07, 6.45) is 0. The number of aryl methyl sites for hydroxylation is 3. The van der Waals surface area contributed by atoms with E-state index in [1.807, 2.05) is 39.0 Å². The van der Waals surface area contributed by atoms with Crippen LogP contribution < -0.4 is 4.90 Å². The highest BCUT2D eigenvalue weighted by Gasteiger charge is 2.42. The molecule has 1 aromatic heterocycles. The Morgan fingerprint density at radius 1 is 0.909 bits per heavy atom. The summed E-state index contributed by atoms with van der Waals surface area (Å²) < 4.78 is 0. The zero-order chi connectivity index (χ0) is 16.2. The highest BCUT2D eigenvalue weighted by Crippen LogP contribution is 2.40. The summed E-state index contributed by atoms with van der Waals surface area (Å²) >= 11 is 1.57. The smallest absolute Gasteiger partial charge is 0.267 e. The lowest BCUT2D eigenvalue weighted by Crippen LogP contribution is -2.30. The van der Waals surface area contributed by atoms with Crippen molar-refractivity contribution in [3.8, 4) is 0 Å². The third kappa shape index (κ3) is 2.10. The van der Waals surface area contributed by atoms with Crippen LogP contribution in [0.5, 0.6) is 0 Å². The van der Waals surface area contributed by atoms with Crippen LogP contribution in [0.25, 0.3) is 0 Å². The molecule has 0 radical (unpaired) electrons. The van der Waals surface area contributed by atoms with E-state index >= 15 is 0 Å². The van der Waals surface area contributed by atoms with Crippen molar-refractivity contribution in [3.63, 3.8) is 0 Å². The summed E-state index contributed by atoms with van der Waals surface area (Å²) in [4.78, 5) is 29.0. The van der Waals surface area contributed by atoms with Crippen LogP contribution in [-0.2, 0) is 0 Å². The number of hydrogen-bond acceptors (Lipinski definition) is 3. The molecule has 0 fully saturated rings. The van der Waals surface area contributed by atoms with Gasteiger partial charge in [-0.1, -0.05) is 19.9 Å². The van der Waals surface area contributed by atoms with Gasteiger partial charge < -0.3 is 0 Å². The summed E-state index contributed by atoms with van der Waals surface area (Å²) in [6, 6.07) is 5.82. The first-order valence-corrected chi connectivity index (χ1v) is 8.23. The molecule has 1 aromatic carbocycles. The Hall–Kier alpha value is -1.94. The highest BCUT2D eigenvalue weighted by molar-refractivity contribution is 7.13. The van der Waals surface area contributed by atoms with Crippen LogP contribution in [0.2, 0.25) is 0 Å². The summed E-state index contributed by atoms with van der Waals surface area (Å²) in [5.74, 6) is -0.132. The Kier molecular flexibility index (Phi) is 3.44. The predicted molar refractivity (Wildman–Crippen MR) is 90.2 cm³/mol. The van der Waals surface area contributed by atoms with E-state index in [1.165, 1.54) is 4.90 Å². The monoisotopic (exact) mass is 313 g/mol. The summed E-state index contributed by atoms with van der Waals surface area (Å²) in [6.45, 7) is 9.99. The lowest BCUT2D eigenvalue weighted by Gasteiger charge is -2.16. The fourth-order valence-electron chi connectivity index (χ4n) is 3.07. The van der Waals surface area contributed by atoms with E-state index in [2.05, 4.69) is 13.8 Å². The van der Waals surface area contributed by atoms with E-state index < -0.39 is 0 Å². The quantitative estimate of drug-likeness (QED) is 0.760. The number of carbonyl (C=O) groups is 2. The van der Waals surface area contributed by atoms with Crippen molar-refractivity contribution in [2.75, 3.05) is 4.90 Å². The van der Waals surface area contributed by atoms with Gasteiger partial charge in [0.25, 0.3) is 11.8 Å². The molecule has 2 amide bonds. The van der Waals surface area contributed by atoms with Gasteiger partial charge in [-0.15, -0.1) is 11.3 Å². The zero-order valence-corrected chi connectivity index (χ0v) is 14.3. The minimum absolute atomic E-state index is 0.182. The van der Waals surface area contributed by atoms with E-state index in [0.717, 1.165) is 20.9 Å². The largest absolute Gasteiger partial charge is 0.268 e. The molecule has 4 heteroatoms. The Morgan fingerprint density at radius 2 is 1.45 bits per heavy atom. The maximum Gasteiger partial charge on any atom is 0.267 e. The summed E-state index contributed by atoms with van der Waals surface area (Å²) in [7, 11) is 0. The topological polar surface area (TPSA) is 37.4 Å². The molecule has 2 heterocycles. The van der Waals surface area contributed by atoms with Crippen LogP contribution in [0.1, 0.15) is 61.4 Å². The number of imide groups is 1. The second kappa shape index (κ2) is 5.06. The van der Waals surface area contributed by atoms with Crippen molar-refractivity contribution in [2.24, 2.45) is 0 Å². The van der Waals surface area contributed by atoms with E-state index in [9.17, 15) is 9.59 Å². The van der Waals surface area contributed by atoms with Gasteiger partial charge in [-0.3, -0.25) is 9.59 Å². The molecule has 0 bridgehead atoms. The Morgan fingerprint density at radius 3 is 2.00 bits per heavy atom. The number of hydrogen-bond donors (Lipinski definition) is 0. The van der Waals surface area contributed by atoms with Crippen molar-refractivity contribution in [1.82, 2.24) is 0 Å². The fourth-order valence-corrected chi connectivity index (χ4v) is 4.22. The van der Waals surface area contributed by atoms with Crippen LogP contribution >= 0.6 is 11.3 Å². The lowest BCUT2D eigenvalue weighted by molar-refractivity contribution is 0.0925. The number of anilines is 1. The van der Waals surface area contributed by atoms with E-state index in [4.69, 9.17) is 0 Å². The first kappa shape index (κ1) is 15.0. The van der Waals surface area contributed by atoms with Crippen LogP contribution in [0, 0.1) is 20.8 Å². The maximum atomic E-state index is 12.9. The maximum absolute atomic E-state index is 12.9. The van der Waals surface area contributed by atoms with Crippen molar-refractivity contribution < 1.29 is 9.59 Å². The highest BCUT2D eigenvalue weighted by atomic mass is 32.1. The molecule has 2 aromatic rings. The molecule has 1 aliphatic heterocycles. The molecule has 0 spiro atoms. The van der Waals surface area contributed by atoms with E-state index in [1.54, 1.807) is 11.3 Å². The molecule has 0 saturated carbocycles. The van der Waals surface area contributed by atoms with Gasteiger partial charge >= 0.3 is 0 Å². The van der Waals surface area contributed by atoms with E-state index in [0.29, 0.717) is 16.8 Å². The van der Waals surface area contributed by atoms with Gasteiger partial charge in [0, 0.05) is 9.75 Å². The van der Waals surface area contributed by atoms with Crippen LogP contribution in [0.4, 0.5) is 5.69 Å². The first-order valence-electron chi connectivity index (χ1n) is 7.41. The predicted octanol–water partition coefficient (Wildman–Crippen LogP) is 4.60. The van der Waals surface area contributed by atoms with Crippen molar-refractivity contribution in [3.05, 3.63) is 50.2 Å². The number of benzene rings is 1. The molecule has 0 unspecified atom stereocenters. The van der Waals surface area contributed by atoms with Crippen LogP contribution in [0.3, 0.4) is 0 Å². The number of thiophene rings is 1. The number of carbonyl (C=O) groups excluding carboxylic acids is 2. The molecule has 0 N–H and O–H groups in total. The molecule has 3 rings (SSSR count). The minimum atomic E-state index is -0.189. The van der Waals surface area contributed by atoms with Crippen molar-refractivity contribution in [2.45, 2.75) is 40.5 Å². The van der Waals surface area contributed by atoms with Crippen LogP contribution in [-0.4, -0.2) is 11.8 Å². The first-order chi connectivity index (χ1) is 10.3. The van der Waals surface area contributed by atoms with Gasteiger partial charge in [0.1, 0.15) is 0 Å². The summed E-state index contributed by atoms with van der Waals surface area (Å²) in [5.41, 5.74) is 3.97. The molecular weight excluding hydrogens is 294 g/mol. The SMILES string of the molecule is Cc1cc(C)cc(N2C(=O)c3c(C)sc(C(C)C)c3C2=O)c1. The number of fused-ring (bicyclic) bond motifs is 1. The van der Waals surface area contributed by atoms with Gasteiger partial charge in [-0.25, -0.2) is 4.90 Å². The molecule has 0 saturated heterocycles. The third-order valence-corrected chi connectivity index (χ3v) is 5.34. The number of nitrogens with zero attached hydrogens (tertiary/aromatic N) is 1. The minimum Gasteiger partial charge on any atom is -0.268 e. The molecule has 3 nitrogen and oxygen atoms in total. The average Bonchev–Trinajstić information content (AvgIpc) is 2.87. The number of rotatable bonds is 2. The molecular formula is C18H19NO2S. The van der Waals surface area contributed by atoms with Gasteiger partial charge in [-0.2, -0.15) is 0 Å². The van der Waals surface area contributed by atoms with Crippen molar-refractivity contribution >= 4 is 28.8 Å². The normalized spacial score (nSPS) is 14.2. The second-order valence-corrected chi connectivity index (χ2v) is 7.48. The van der Waals surface area contributed by atoms with Crippen LogP contribution in [0.15, 0.2) is 18.2 Å². The lowest BCUT2D eigenvalue weighted by atomic mass is 10.0. The van der Waals surface area contributed by atoms with Gasteiger partial charge in [0.2, 0.25) is 0 Å². The van der Waals surface area contributed by atoms with Crippen molar-refractivity contribution in [1.29, 1.82) is 0 Å². The Bertz CT molecular complexity index is 781. The van der Waals surface area contributed by atoms with Gasteiger partial charge in [0.05, 0.1) is 16.8 Å². The Labute approximate surface area is 134 Å². The number of amides is 2. The molecule has 0 aliphatic carbocycles. The second-order valence-electron chi connectivity index (χ2n) is 6.22. The third-order valence-electron chi connectivity index (χ3n) is 3.93. The average molecular weight is 313 g/mol. The Balaban J connectivity index is 2.16. The molecule has 114 valence electrons. The fraction of sp³-hybridized carbons (Fsp3) is 0.333. The summed E-state index contributed by atoms with van der Waals surface area (Å²) in [5, 5.41) is 0. The standard InChI is InChI=1S/C18H19NO2S/c1-9(2)16-15-14(12(5)22-16)17(20)19(18(15)21)13-7-10(3)6-11(4)8-13/h6-9H,1-5H3. The molecule has 0 atom stereocenters. The molecule has 1 aliphatic rings. The van der Waals surface area contributed by atoms with E-state index in [-0.39, 0.29) is 17.7 Å². The zero-order valence-electron chi connectivity index (χ0n) is 13.5. The van der Waals surface area contributed by atoms with Gasteiger partial charge in [0.15, 0.2) is 0 Å². The van der Waals surface area contributed by atoms with Gasteiger partial charge in [-0.05, 0) is 49.9 Å².